The van der Waals surface area contributed by atoms with Gasteiger partial charge in [-0.25, -0.2) is 4.98 Å². The molecule has 0 aliphatic carbocycles. The van der Waals surface area contributed by atoms with Crippen LogP contribution in [-0.2, 0) is 0 Å². The van der Waals surface area contributed by atoms with E-state index >= 15 is 0 Å². The van der Waals surface area contributed by atoms with Gasteiger partial charge in [0.2, 0.25) is 0 Å². The van der Waals surface area contributed by atoms with Crippen molar-refractivity contribution in [1.29, 1.82) is 0 Å². The van der Waals surface area contributed by atoms with Crippen molar-refractivity contribution in [3.63, 3.8) is 0 Å². The molecule has 0 spiro atoms. The molecule has 5 nitrogen and oxygen atoms in total. The van der Waals surface area contributed by atoms with Gasteiger partial charge < -0.3 is 15.2 Å². The molecule has 2 N–H and O–H groups in total. The van der Waals surface area contributed by atoms with Crippen LogP contribution >= 0.6 is 0 Å². The van der Waals surface area contributed by atoms with Gasteiger partial charge >= 0.3 is 0 Å². The Labute approximate surface area is 135 Å². The van der Waals surface area contributed by atoms with Gasteiger partial charge in [0.05, 0.1) is 0 Å². The normalized spacial score (nSPS) is 9.65. The number of pyridine rings is 1. The van der Waals surface area contributed by atoms with Crippen LogP contribution in [0.25, 0.3) is 0 Å². The van der Waals surface area contributed by atoms with Gasteiger partial charge in [-0.05, 0) is 31.5 Å². The van der Waals surface area contributed by atoms with Crippen molar-refractivity contribution in [2.75, 3.05) is 13.2 Å². The number of aromatic hydroxyl groups is 1. The van der Waals surface area contributed by atoms with E-state index in [0.717, 1.165) is 11.3 Å². The molecule has 0 radical (unpaired) electrons. The molecule has 0 aliphatic heterocycles. The second-order valence-corrected chi connectivity index (χ2v) is 4.81. The smallest absolute Gasteiger partial charge is 0.273 e. The van der Waals surface area contributed by atoms with Crippen LogP contribution in [0.4, 0.5) is 0 Å². The monoisotopic (exact) mass is 310 g/mol. The molecular formula is C18H18N2O3. The molecule has 0 saturated heterocycles. The molecule has 0 atom stereocenters. The lowest BCUT2D eigenvalue weighted by molar-refractivity contribution is 0.0948. The van der Waals surface area contributed by atoms with Crippen molar-refractivity contribution in [2.45, 2.75) is 13.8 Å². The van der Waals surface area contributed by atoms with Gasteiger partial charge in [0.1, 0.15) is 18.1 Å². The van der Waals surface area contributed by atoms with Crippen LogP contribution in [0, 0.1) is 18.8 Å². The molecule has 2 rings (SSSR count). The predicted molar refractivity (Wildman–Crippen MR) is 87.5 cm³/mol. The van der Waals surface area contributed by atoms with Crippen molar-refractivity contribution in [3.05, 3.63) is 53.3 Å². The Bertz CT molecular complexity index is 760. The molecule has 1 heterocycles. The van der Waals surface area contributed by atoms with E-state index in [1.807, 2.05) is 31.2 Å². The highest BCUT2D eigenvalue weighted by Crippen LogP contribution is 2.16. The second kappa shape index (κ2) is 7.85. The molecule has 0 aliphatic rings. The Balaban J connectivity index is 2.00. The van der Waals surface area contributed by atoms with E-state index in [1.54, 1.807) is 6.92 Å². The summed E-state index contributed by atoms with van der Waals surface area (Å²) in [4.78, 5) is 15.6. The summed E-state index contributed by atoms with van der Waals surface area (Å²) >= 11 is 0. The van der Waals surface area contributed by atoms with E-state index in [-0.39, 0.29) is 18.1 Å². The number of aryl methyl sites for hydroxylation is 1. The molecule has 0 bridgehead atoms. The van der Waals surface area contributed by atoms with E-state index in [0.29, 0.717) is 12.1 Å². The molecule has 1 aromatic heterocycles. The Morgan fingerprint density at radius 3 is 2.87 bits per heavy atom. The third-order valence-electron chi connectivity index (χ3n) is 3.05. The summed E-state index contributed by atoms with van der Waals surface area (Å²) in [5.41, 5.74) is 1.55. The number of carbonyl (C=O) groups is 1. The lowest BCUT2D eigenvalue weighted by Crippen LogP contribution is -2.23. The minimum atomic E-state index is -0.410. The number of benzene rings is 1. The highest BCUT2D eigenvalue weighted by molar-refractivity contribution is 5.94. The van der Waals surface area contributed by atoms with Crippen LogP contribution in [0.3, 0.4) is 0 Å². The van der Waals surface area contributed by atoms with Crippen molar-refractivity contribution in [1.82, 2.24) is 10.3 Å². The van der Waals surface area contributed by atoms with Crippen molar-refractivity contribution in [3.8, 4) is 23.3 Å². The third kappa shape index (κ3) is 4.48. The number of nitrogens with one attached hydrogen (secondary N) is 1. The molecule has 0 unspecified atom stereocenters. The highest BCUT2D eigenvalue weighted by Gasteiger charge is 2.11. The SMILES string of the molecule is CCNC(=O)c1ncc(C#CCOc2ccccc2C)cc1O. The van der Waals surface area contributed by atoms with Gasteiger partial charge in [-0.2, -0.15) is 0 Å². The zero-order chi connectivity index (χ0) is 16.7. The summed E-state index contributed by atoms with van der Waals surface area (Å²) in [7, 11) is 0. The van der Waals surface area contributed by atoms with E-state index < -0.39 is 5.91 Å². The molecule has 1 amide bonds. The van der Waals surface area contributed by atoms with Gasteiger partial charge in [0, 0.05) is 18.3 Å². The number of rotatable bonds is 4. The summed E-state index contributed by atoms with van der Waals surface area (Å²) in [6, 6.07) is 9.10. The molecule has 23 heavy (non-hydrogen) atoms. The Kier molecular flexibility index (Phi) is 5.59. The number of para-hydroxylation sites is 1. The first-order chi connectivity index (χ1) is 11.1. The molecule has 0 fully saturated rings. The fraction of sp³-hybridized carbons (Fsp3) is 0.222. The lowest BCUT2D eigenvalue weighted by atomic mass is 10.2. The minimum Gasteiger partial charge on any atom is -0.505 e. The summed E-state index contributed by atoms with van der Waals surface area (Å²) in [5, 5.41) is 12.4. The van der Waals surface area contributed by atoms with Crippen molar-refractivity contribution in [2.24, 2.45) is 0 Å². The molecular weight excluding hydrogens is 292 g/mol. The number of nitrogens with zero attached hydrogens (tertiary/aromatic N) is 1. The first kappa shape index (κ1) is 16.4. The van der Waals surface area contributed by atoms with Crippen LogP contribution in [0.2, 0.25) is 0 Å². The fourth-order valence-corrected chi connectivity index (χ4v) is 1.91. The molecule has 118 valence electrons. The maximum absolute atomic E-state index is 11.6. The topological polar surface area (TPSA) is 71.5 Å². The average molecular weight is 310 g/mol. The van der Waals surface area contributed by atoms with Gasteiger partial charge in [-0.3, -0.25) is 4.79 Å². The largest absolute Gasteiger partial charge is 0.505 e. The Hall–Kier alpha value is -3.00. The highest BCUT2D eigenvalue weighted by atomic mass is 16.5. The second-order valence-electron chi connectivity index (χ2n) is 4.81. The van der Waals surface area contributed by atoms with Crippen molar-refractivity contribution < 1.29 is 14.6 Å². The number of carbonyl (C=O) groups excluding carboxylic acids is 1. The number of ether oxygens (including phenoxy) is 1. The standard InChI is InChI=1S/C18H18N2O3/c1-3-19-18(22)17-15(21)11-14(12-20-17)8-6-10-23-16-9-5-4-7-13(16)2/h4-5,7,9,11-12,21H,3,10H2,1-2H3,(H,19,22). The van der Waals surface area contributed by atoms with Crippen LogP contribution in [0.1, 0.15) is 28.5 Å². The lowest BCUT2D eigenvalue weighted by Gasteiger charge is -2.05. The maximum atomic E-state index is 11.6. The third-order valence-corrected chi connectivity index (χ3v) is 3.05. The predicted octanol–water partition coefficient (Wildman–Crippen LogP) is 2.28. The maximum Gasteiger partial charge on any atom is 0.273 e. The first-order valence-corrected chi connectivity index (χ1v) is 7.26. The van der Waals surface area contributed by atoms with E-state index in [9.17, 15) is 9.90 Å². The Morgan fingerprint density at radius 1 is 1.39 bits per heavy atom. The zero-order valence-corrected chi connectivity index (χ0v) is 13.1. The van der Waals surface area contributed by atoms with Gasteiger partial charge in [0.25, 0.3) is 5.91 Å². The molecule has 0 saturated carbocycles. The Morgan fingerprint density at radius 2 is 2.17 bits per heavy atom. The van der Waals surface area contributed by atoms with E-state index in [1.165, 1.54) is 12.3 Å². The summed E-state index contributed by atoms with van der Waals surface area (Å²) in [6.45, 7) is 4.45. The number of hydrogen-bond donors (Lipinski definition) is 2. The number of aromatic nitrogens is 1. The van der Waals surface area contributed by atoms with Gasteiger partial charge in [0.15, 0.2) is 5.69 Å². The fourth-order valence-electron chi connectivity index (χ4n) is 1.91. The van der Waals surface area contributed by atoms with E-state index in [2.05, 4.69) is 22.1 Å². The molecule has 2 aromatic rings. The number of hydrogen-bond acceptors (Lipinski definition) is 4. The summed E-state index contributed by atoms with van der Waals surface area (Å²) in [6.07, 6.45) is 1.45. The number of amides is 1. The molecule has 5 heteroatoms. The molecule has 1 aromatic carbocycles. The first-order valence-electron chi connectivity index (χ1n) is 7.26. The van der Waals surface area contributed by atoms with Gasteiger partial charge in [-0.1, -0.05) is 30.0 Å². The average Bonchev–Trinajstić information content (AvgIpc) is 2.53. The van der Waals surface area contributed by atoms with Gasteiger partial charge in [-0.15, -0.1) is 0 Å². The summed E-state index contributed by atoms with van der Waals surface area (Å²) in [5.74, 6) is 5.88. The quantitative estimate of drug-likeness (QED) is 0.850. The van der Waals surface area contributed by atoms with E-state index in [4.69, 9.17) is 4.74 Å². The minimum absolute atomic E-state index is 0.00596. The van der Waals surface area contributed by atoms with Crippen LogP contribution in [0.5, 0.6) is 11.5 Å². The van der Waals surface area contributed by atoms with Crippen molar-refractivity contribution >= 4 is 5.91 Å². The van der Waals surface area contributed by atoms with Crippen LogP contribution < -0.4 is 10.1 Å². The summed E-state index contributed by atoms with van der Waals surface area (Å²) < 4.78 is 5.56. The zero-order valence-electron chi connectivity index (χ0n) is 13.1. The van der Waals surface area contributed by atoms with Crippen LogP contribution in [-0.4, -0.2) is 29.1 Å². The van der Waals surface area contributed by atoms with Crippen LogP contribution in [0.15, 0.2) is 36.5 Å².